The number of hydrogen-bond donors (Lipinski definition) is 1. The van der Waals surface area contributed by atoms with Crippen LogP contribution < -0.4 is 5.73 Å². The molecule has 4 heteroatoms. The first-order chi connectivity index (χ1) is 12.2. The van der Waals surface area contributed by atoms with Crippen molar-refractivity contribution in [2.75, 3.05) is 26.2 Å². The van der Waals surface area contributed by atoms with E-state index in [4.69, 9.17) is 5.73 Å². The van der Waals surface area contributed by atoms with Crippen LogP contribution in [0.4, 0.5) is 0 Å². The highest BCUT2D eigenvalue weighted by molar-refractivity contribution is 5.82. The molecule has 0 aliphatic carbocycles. The molecule has 3 rings (SSSR count). The first-order valence-corrected chi connectivity index (χ1v) is 9.07. The predicted octanol–water partition coefficient (Wildman–Crippen LogP) is 2.29. The summed E-state index contributed by atoms with van der Waals surface area (Å²) in [5, 5.41) is 0. The van der Waals surface area contributed by atoms with Gasteiger partial charge in [-0.15, -0.1) is 0 Å². The largest absolute Gasteiger partial charge is 0.340 e. The summed E-state index contributed by atoms with van der Waals surface area (Å²) < 4.78 is 0. The fourth-order valence-corrected chi connectivity index (χ4v) is 3.38. The minimum absolute atomic E-state index is 0.0745. The Bertz CT molecular complexity index is 659. The van der Waals surface area contributed by atoms with Gasteiger partial charge in [0.1, 0.15) is 0 Å². The van der Waals surface area contributed by atoms with Crippen LogP contribution in [-0.4, -0.2) is 47.9 Å². The molecule has 1 saturated heterocycles. The Morgan fingerprint density at radius 2 is 1.52 bits per heavy atom. The van der Waals surface area contributed by atoms with Crippen molar-refractivity contribution in [1.82, 2.24) is 9.80 Å². The number of carbonyl (C=O) groups excluding carboxylic acids is 1. The number of rotatable bonds is 5. The van der Waals surface area contributed by atoms with Crippen LogP contribution in [0.5, 0.6) is 0 Å². The summed E-state index contributed by atoms with van der Waals surface area (Å²) >= 11 is 0. The Hall–Kier alpha value is -2.17. The maximum atomic E-state index is 12.7. The molecule has 4 nitrogen and oxygen atoms in total. The summed E-state index contributed by atoms with van der Waals surface area (Å²) in [7, 11) is 0. The molecule has 0 aromatic heterocycles. The molecule has 2 aromatic rings. The van der Waals surface area contributed by atoms with Crippen molar-refractivity contribution in [2.45, 2.75) is 25.4 Å². The fourth-order valence-electron chi connectivity index (χ4n) is 3.38. The summed E-state index contributed by atoms with van der Waals surface area (Å²) in [6.07, 6.45) is 1.60. The number of nitrogens with two attached hydrogens (primary N) is 1. The highest BCUT2D eigenvalue weighted by Gasteiger charge is 2.23. The smallest absolute Gasteiger partial charge is 0.239 e. The molecule has 0 spiro atoms. The molecule has 2 N–H and O–H groups in total. The van der Waals surface area contributed by atoms with Crippen LogP contribution in [0.1, 0.15) is 17.5 Å². The van der Waals surface area contributed by atoms with E-state index < -0.39 is 6.04 Å². The molecule has 0 bridgehead atoms. The van der Waals surface area contributed by atoms with E-state index in [1.54, 1.807) is 0 Å². The molecule has 2 aromatic carbocycles. The molecule has 0 unspecified atom stereocenters. The lowest BCUT2D eigenvalue weighted by Crippen LogP contribution is -2.46. The van der Waals surface area contributed by atoms with Gasteiger partial charge < -0.3 is 10.6 Å². The van der Waals surface area contributed by atoms with Crippen LogP contribution in [0.15, 0.2) is 60.7 Å². The maximum Gasteiger partial charge on any atom is 0.239 e. The van der Waals surface area contributed by atoms with Gasteiger partial charge in [0.05, 0.1) is 6.04 Å². The van der Waals surface area contributed by atoms with Crippen molar-refractivity contribution in [3.05, 3.63) is 71.8 Å². The zero-order valence-electron chi connectivity index (χ0n) is 14.7. The maximum absolute atomic E-state index is 12.7. The summed E-state index contributed by atoms with van der Waals surface area (Å²) in [5.41, 5.74) is 8.62. The van der Waals surface area contributed by atoms with Gasteiger partial charge in [-0.25, -0.2) is 0 Å². The van der Waals surface area contributed by atoms with Gasteiger partial charge in [0.15, 0.2) is 0 Å². The van der Waals surface area contributed by atoms with E-state index in [-0.39, 0.29) is 5.91 Å². The van der Waals surface area contributed by atoms with Gasteiger partial charge in [-0.1, -0.05) is 60.7 Å². The SMILES string of the molecule is N[C@@H](Cc1ccccc1)C(=O)N1CCCN(Cc2ccccc2)CC1. The Balaban J connectivity index is 1.52. The summed E-state index contributed by atoms with van der Waals surface area (Å²) in [6.45, 7) is 4.42. The highest BCUT2D eigenvalue weighted by atomic mass is 16.2. The number of amides is 1. The van der Waals surface area contributed by atoms with Gasteiger partial charge in [0, 0.05) is 32.7 Å². The van der Waals surface area contributed by atoms with Gasteiger partial charge in [-0.3, -0.25) is 9.69 Å². The average Bonchev–Trinajstić information content (AvgIpc) is 2.88. The fraction of sp³-hybridized carbons (Fsp3) is 0.381. The van der Waals surface area contributed by atoms with Crippen molar-refractivity contribution in [3.63, 3.8) is 0 Å². The third-order valence-electron chi connectivity index (χ3n) is 4.76. The molecule has 0 radical (unpaired) electrons. The third-order valence-corrected chi connectivity index (χ3v) is 4.76. The molecule has 1 amide bonds. The number of benzene rings is 2. The zero-order chi connectivity index (χ0) is 17.5. The molecular weight excluding hydrogens is 310 g/mol. The van der Waals surface area contributed by atoms with Crippen molar-refractivity contribution >= 4 is 5.91 Å². The third kappa shape index (κ3) is 5.15. The topological polar surface area (TPSA) is 49.6 Å². The molecular formula is C21H27N3O. The minimum Gasteiger partial charge on any atom is -0.340 e. The van der Waals surface area contributed by atoms with Crippen LogP contribution in [0.3, 0.4) is 0 Å². The van der Waals surface area contributed by atoms with Gasteiger partial charge in [0.2, 0.25) is 5.91 Å². The van der Waals surface area contributed by atoms with Crippen LogP contribution >= 0.6 is 0 Å². The quantitative estimate of drug-likeness (QED) is 0.911. The molecule has 1 aliphatic heterocycles. The van der Waals surface area contributed by atoms with E-state index in [0.717, 1.165) is 44.7 Å². The Morgan fingerprint density at radius 1 is 0.880 bits per heavy atom. The van der Waals surface area contributed by atoms with Crippen molar-refractivity contribution in [2.24, 2.45) is 5.73 Å². The number of nitrogens with zero attached hydrogens (tertiary/aromatic N) is 2. The Labute approximate surface area is 150 Å². The van der Waals surface area contributed by atoms with Crippen LogP contribution in [-0.2, 0) is 17.8 Å². The average molecular weight is 337 g/mol. The standard InChI is InChI=1S/C21H27N3O/c22-20(16-18-8-3-1-4-9-18)21(25)24-13-7-12-23(14-15-24)17-19-10-5-2-6-11-19/h1-6,8-11,20H,7,12-17,22H2/t20-/m0/s1. The van der Waals surface area contributed by atoms with E-state index in [1.165, 1.54) is 5.56 Å². The first-order valence-electron chi connectivity index (χ1n) is 9.07. The van der Waals surface area contributed by atoms with E-state index in [2.05, 4.69) is 29.2 Å². The van der Waals surface area contributed by atoms with Crippen molar-refractivity contribution in [1.29, 1.82) is 0 Å². The van der Waals surface area contributed by atoms with E-state index >= 15 is 0 Å². The molecule has 132 valence electrons. The molecule has 1 fully saturated rings. The van der Waals surface area contributed by atoms with Gasteiger partial charge in [0.25, 0.3) is 0 Å². The second kappa shape index (κ2) is 8.79. The Kier molecular flexibility index (Phi) is 6.20. The van der Waals surface area contributed by atoms with E-state index in [0.29, 0.717) is 6.42 Å². The second-order valence-electron chi connectivity index (χ2n) is 6.74. The number of carbonyl (C=O) groups is 1. The predicted molar refractivity (Wildman–Crippen MR) is 101 cm³/mol. The lowest BCUT2D eigenvalue weighted by Gasteiger charge is -2.25. The lowest BCUT2D eigenvalue weighted by molar-refractivity contribution is -0.132. The van der Waals surface area contributed by atoms with Gasteiger partial charge in [-0.2, -0.15) is 0 Å². The second-order valence-corrected chi connectivity index (χ2v) is 6.74. The van der Waals surface area contributed by atoms with Crippen LogP contribution in [0, 0.1) is 0 Å². The van der Waals surface area contributed by atoms with Gasteiger partial charge in [-0.05, 0) is 24.0 Å². The van der Waals surface area contributed by atoms with E-state index in [1.807, 2.05) is 41.3 Å². The molecule has 0 saturated carbocycles. The van der Waals surface area contributed by atoms with Gasteiger partial charge >= 0.3 is 0 Å². The molecule has 1 atom stereocenters. The van der Waals surface area contributed by atoms with Crippen LogP contribution in [0.25, 0.3) is 0 Å². The van der Waals surface area contributed by atoms with Crippen molar-refractivity contribution < 1.29 is 4.79 Å². The first kappa shape index (κ1) is 17.6. The van der Waals surface area contributed by atoms with Crippen molar-refractivity contribution in [3.8, 4) is 0 Å². The molecule has 1 heterocycles. The normalized spacial score (nSPS) is 17.1. The van der Waals surface area contributed by atoms with Crippen LogP contribution in [0.2, 0.25) is 0 Å². The minimum atomic E-state index is -0.455. The monoisotopic (exact) mass is 337 g/mol. The molecule has 1 aliphatic rings. The molecule has 25 heavy (non-hydrogen) atoms. The van der Waals surface area contributed by atoms with E-state index in [9.17, 15) is 4.79 Å². The lowest BCUT2D eigenvalue weighted by atomic mass is 10.1. The Morgan fingerprint density at radius 3 is 2.20 bits per heavy atom. The highest BCUT2D eigenvalue weighted by Crippen LogP contribution is 2.11. The summed E-state index contributed by atoms with van der Waals surface area (Å²) in [5.74, 6) is 0.0745. The summed E-state index contributed by atoms with van der Waals surface area (Å²) in [6, 6.07) is 20.1. The summed E-state index contributed by atoms with van der Waals surface area (Å²) in [4.78, 5) is 17.1. The number of hydrogen-bond acceptors (Lipinski definition) is 3. The zero-order valence-corrected chi connectivity index (χ0v) is 14.7.